The van der Waals surface area contributed by atoms with Gasteiger partial charge >= 0.3 is 13.5 Å². The number of hydrogen-bond donors (Lipinski definition) is 5. The summed E-state index contributed by atoms with van der Waals surface area (Å²) in [6.07, 6.45) is -1.62. The number of aliphatic hydroxyl groups excluding tert-OH is 2. The maximum atomic E-state index is 11.9. The summed E-state index contributed by atoms with van der Waals surface area (Å²) in [5, 5.41) is 19.9. The fourth-order valence-corrected chi connectivity index (χ4v) is 2.60. The predicted octanol–water partition coefficient (Wildman–Crippen LogP) is -1.70. The Morgan fingerprint density at radius 2 is 2.04 bits per heavy atom. The smallest absolute Gasteiger partial charge is 0.387 e. The van der Waals surface area contributed by atoms with Gasteiger partial charge in [-0.1, -0.05) is 12.2 Å². The highest BCUT2D eigenvalue weighted by Crippen LogP contribution is 2.38. The van der Waals surface area contributed by atoms with Gasteiger partial charge in [-0.25, -0.2) is 9.36 Å². The van der Waals surface area contributed by atoms with Gasteiger partial charge in [-0.2, -0.15) is 0 Å². The summed E-state index contributed by atoms with van der Waals surface area (Å²) in [6, 6.07) is 0. The van der Waals surface area contributed by atoms with Crippen molar-refractivity contribution in [1.29, 1.82) is 0 Å². The van der Waals surface area contributed by atoms with E-state index in [9.17, 15) is 24.4 Å². The predicted molar refractivity (Wildman–Crippen MR) is 80.0 cm³/mol. The van der Waals surface area contributed by atoms with Crippen molar-refractivity contribution in [3.05, 3.63) is 38.7 Å². The number of aliphatic hydroxyl groups is 2. The van der Waals surface area contributed by atoms with E-state index in [1.165, 1.54) is 6.08 Å². The number of allylic oxidation sites excluding steroid dienone is 1. The molecule has 1 fully saturated rings. The average molecular weight is 364 g/mol. The molecule has 0 amide bonds. The molecule has 5 N–H and O–H groups in total. The van der Waals surface area contributed by atoms with Gasteiger partial charge in [0.2, 0.25) is 0 Å². The van der Waals surface area contributed by atoms with E-state index in [4.69, 9.17) is 14.5 Å². The van der Waals surface area contributed by atoms with Crippen LogP contribution >= 0.6 is 7.82 Å². The molecule has 1 aliphatic rings. The lowest BCUT2D eigenvalue weighted by Gasteiger charge is -2.17. The van der Waals surface area contributed by atoms with Crippen LogP contribution in [0.5, 0.6) is 0 Å². The summed E-state index contributed by atoms with van der Waals surface area (Å²) in [4.78, 5) is 42.9. The highest BCUT2D eigenvalue weighted by Gasteiger charge is 2.45. The topological polar surface area (TPSA) is 171 Å². The molecule has 11 nitrogen and oxygen atoms in total. The number of H-pyrrole nitrogens is 1. The van der Waals surface area contributed by atoms with E-state index in [1.807, 2.05) is 4.98 Å². The molecule has 24 heavy (non-hydrogen) atoms. The first kappa shape index (κ1) is 18.7. The van der Waals surface area contributed by atoms with Crippen LogP contribution in [0.4, 0.5) is 0 Å². The third-order valence-corrected chi connectivity index (χ3v) is 3.85. The molecule has 1 saturated heterocycles. The van der Waals surface area contributed by atoms with E-state index < -0.39 is 50.2 Å². The van der Waals surface area contributed by atoms with E-state index in [2.05, 4.69) is 4.52 Å². The lowest BCUT2D eigenvalue weighted by molar-refractivity contribution is -0.0543. The monoisotopic (exact) mass is 364 g/mol. The van der Waals surface area contributed by atoms with Crippen LogP contribution in [-0.2, 0) is 13.8 Å². The van der Waals surface area contributed by atoms with E-state index >= 15 is 0 Å². The maximum absolute atomic E-state index is 11.9. The van der Waals surface area contributed by atoms with Crippen molar-refractivity contribution < 1.29 is 33.8 Å². The number of rotatable bonds is 5. The molecule has 12 heteroatoms. The Morgan fingerprint density at radius 1 is 1.38 bits per heavy atom. The molecule has 0 aromatic carbocycles. The van der Waals surface area contributed by atoms with Crippen molar-refractivity contribution in [2.45, 2.75) is 31.5 Å². The van der Waals surface area contributed by atoms with Gasteiger partial charge < -0.3 is 24.7 Å². The lowest BCUT2D eigenvalue weighted by Crippen LogP contribution is -2.38. The van der Waals surface area contributed by atoms with Gasteiger partial charge in [0.15, 0.2) is 6.23 Å². The van der Waals surface area contributed by atoms with Gasteiger partial charge in [-0.15, -0.1) is 0 Å². The Morgan fingerprint density at radius 3 is 2.62 bits per heavy atom. The van der Waals surface area contributed by atoms with Crippen LogP contribution in [0.25, 0.3) is 6.08 Å². The minimum Gasteiger partial charge on any atom is -0.387 e. The van der Waals surface area contributed by atoms with Crippen molar-refractivity contribution in [1.82, 2.24) is 9.55 Å². The Bertz CT molecular complexity index is 779. The van der Waals surface area contributed by atoms with Crippen LogP contribution in [-0.4, -0.2) is 54.5 Å². The maximum Gasteiger partial charge on any atom is 0.469 e. The molecule has 1 aromatic heterocycles. The summed E-state index contributed by atoms with van der Waals surface area (Å²) < 4.78 is 21.1. The molecule has 134 valence electrons. The summed E-state index contributed by atoms with van der Waals surface area (Å²) >= 11 is 0. The molecule has 0 radical (unpaired) electrons. The number of phosphoric ester groups is 1. The molecule has 4 atom stereocenters. The van der Waals surface area contributed by atoms with Crippen LogP contribution in [0.15, 0.2) is 21.9 Å². The SMILES string of the molecule is CC=Cc1cn([C@@H]2O[C@H](COP(=O)(O)O)[C@@H](O)[C@H]2O)c(=O)[nH]c1=O. The minimum absolute atomic E-state index is 0.123. The van der Waals surface area contributed by atoms with Crippen molar-refractivity contribution in [2.75, 3.05) is 6.61 Å². The molecule has 0 spiro atoms. The van der Waals surface area contributed by atoms with Gasteiger partial charge in [0.05, 0.1) is 12.2 Å². The zero-order valence-corrected chi connectivity index (χ0v) is 13.4. The lowest BCUT2D eigenvalue weighted by atomic mass is 10.1. The summed E-state index contributed by atoms with van der Waals surface area (Å²) in [5.41, 5.74) is -1.39. The van der Waals surface area contributed by atoms with Crippen LogP contribution < -0.4 is 11.2 Å². The van der Waals surface area contributed by atoms with E-state index in [1.54, 1.807) is 13.0 Å². The second-order valence-corrected chi connectivity index (χ2v) is 6.32. The molecule has 0 bridgehead atoms. The van der Waals surface area contributed by atoms with Crippen molar-refractivity contribution in [2.24, 2.45) is 0 Å². The van der Waals surface area contributed by atoms with E-state index in [0.717, 1.165) is 10.8 Å². The number of nitrogens with one attached hydrogen (secondary N) is 1. The molecule has 1 aromatic rings. The summed E-state index contributed by atoms with van der Waals surface area (Å²) in [5.74, 6) is 0. The third-order valence-electron chi connectivity index (χ3n) is 3.36. The fraction of sp³-hybridized carbons (Fsp3) is 0.500. The number of aromatic amines is 1. The Kier molecular flexibility index (Phi) is 5.56. The first-order valence-electron chi connectivity index (χ1n) is 6.84. The van der Waals surface area contributed by atoms with Crippen molar-refractivity contribution in [3.63, 3.8) is 0 Å². The Labute approximate surface area is 135 Å². The standard InChI is InChI=1S/C12H17N2O9P/c1-2-3-6-4-14(12(18)13-10(6)17)11-9(16)8(15)7(23-11)5-22-24(19,20)21/h2-4,7-9,11,15-16H,5H2,1H3,(H,13,17,18)(H2,19,20,21)/t7-,8-,9-,11-/m1/s1. The fourth-order valence-electron chi connectivity index (χ4n) is 2.26. The van der Waals surface area contributed by atoms with Crippen LogP contribution in [0.1, 0.15) is 18.7 Å². The zero-order valence-electron chi connectivity index (χ0n) is 12.5. The highest BCUT2D eigenvalue weighted by atomic mass is 31.2. The second kappa shape index (κ2) is 7.11. The first-order chi connectivity index (χ1) is 11.1. The molecule has 0 aliphatic carbocycles. The minimum atomic E-state index is -4.79. The van der Waals surface area contributed by atoms with E-state index in [0.29, 0.717) is 0 Å². The zero-order chi connectivity index (χ0) is 18.1. The Balaban J connectivity index is 2.29. The normalized spacial score (nSPS) is 27.9. The molecule has 0 unspecified atom stereocenters. The quantitative estimate of drug-likeness (QED) is 0.382. The number of ether oxygens (including phenoxy) is 1. The van der Waals surface area contributed by atoms with Gasteiger partial charge in [-0.3, -0.25) is 18.9 Å². The van der Waals surface area contributed by atoms with Crippen LogP contribution in [0.2, 0.25) is 0 Å². The third kappa shape index (κ3) is 4.08. The van der Waals surface area contributed by atoms with E-state index in [-0.39, 0.29) is 5.56 Å². The largest absolute Gasteiger partial charge is 0.469 e. The highest BCUT2D eigenvalue weighted by molar-refractivity contribution is 7.46. The average Bonchev–Trinajstić information content (AvgIpc) is 2.75. The van der Waals surface area contributed by atoms with Gasteiger partial charge in [0.25, 0.3) is 5.56 Å². The number of hydrogen-bond acceptors (Lipinski definition) is 7. The molecule has 0 saturated carbocycles. The van der Waals surface area contributed by atoms with Gasteiger partial charge in [-0.05, 0) is 6.92 Å². The number of phosphoric acid groups is 1. The molecule has 2 rings (SSSR count). The Hall–Kier alpha value is -1.59. The number of nitrogens with zero attached hydrogens (tertiary/aromatic N) is 1. The summed E-state index contributed by atoms with van der Waals surface area (Å²) in [7, 11) is -4.79. The van der Waals surface area contributed by atoms with Crippen molar-refractivity contribution in [3.8, 4) is 0 Å². The molecule has 2 heterocycles. The van der Waals surface area contributed by atoms with Crippen molar-refractivity contribution >= 4 is 13.9 Å². The van der Waals surface area contributed by atoms with Crippen LogP contribution in [0.3, 0.4) is 0 Å². The summed E-state index contributed by atoms with van der Waals surface area (Å²) in [6.45, 7) is 0.966. The molecule has 1 aliphatic heterocycles. The molecular weight excluding hydrogens is 347 g/mol. The van der Waals surface area contributed by atoms with Crippen LogP contribution in [0, 0.1) is 0 Å². The van der Waals surface area contributed by atoms with Gasteiger partial charge in [0.1, 0.15) is 18.3 Å². The number of aromatic nitrogens is 2. The van der Waals surface area contributed by atoms with Gasteiger partial charge in [0, 0.05) is 6.20 Å². The first-order valence-corrected chi connectivity index (χ1v) is 8.37. The molecular formula is C12H17N2O9P. The second-order valence-electron chi connectivity index (χ2n) is 5.08.